The van der Waals surface area contributed by atoms with Gasteiger partial charge in [0.05, 0.1) is 6.10 Å². The highest BCUT2D eigenvalue weighted by molar-refractivity contribution is 4.60. The molecule has 0 radical (unpaired) electrons. The minimum absolute atomic E-state index is 0.180. The maximum absolute atomic E-state index is 9.83. The number of unbranched alkanes of at least 4 members (excludes halogenated alkanes) is 12. The molecule has 0 aromatic rings. The number of rotatable bonds is 19. The van der Waals surface area contributed by atoms with Crippen molar-refractivity contribution in [2.24, 2.45) is 5.73 Å². The van der Waals surface area contributed by atoms with Crippen LogP contribution in [0.5, 0.6) is 0 Å². The molecule has 0 aliphatic heterocycles. The smallest absolute Gasteiger partial charge is 0.0664 e. The van der Waals surface area contributed by atoms with Crippen LogP contribution in [0.15, 0.2) is 0 Å². The van der Waals surface area contributed by atoms with Crippen LogP contribution < -0.4 is 11.1 Å². The Kier molecular flexibility index (Phi) is 19.8. The van der Waals surface area contributed by atoms with Gasteiger partial charge in [0.25, 0.3) is 0 Å². The quantitative estimate of drug-likeness (QED) is 0.299. The minimum Gasteiger partial charge on any atom is -0.392 e. The molecule has 0 fully saturated rings. The van der Waals surface area contributed by atoms with Crippen LogP contribution in [0.1, 0.15) is 103 Å². The lowest BCUT2D eigenvalue weighted by Gasteiger charge is -2.11. The van der Waals surface area contributed by atoms with Crippen LogP contribution in [0.2, 0.25) is 0 Å². The van der Waals surface area contributed by atoms with E-state index in [0.29, 0.717) is 0 Å². The monoisotopic (exact) mass is 328 g/mol. The van der Waals surface area contributed by atoms with Gasteiger partial charge in [-0.1, -0.05) is 90.4 Å². The maximum atomic E-state index is 9.83. The molecule has 0 aromatic carbocycles. The van der Waals surface area contributed by atoms with Crippen LogP contribution in [0.4, 0.5) is 0 Å². The standard InChI is InChI=1S/C20H44N2O/c1-2-3-4-5-6-7-8-9-10-11-12-13-14-16-20(23)19-22-18-15-17-21/h20,22-23H,2-19,21H2,1H3. The first kappa shape index (κ1) is 22.9. The van der Waals surface area contributed by atoms with Crippen molar-refractivity contribution in [3.63, 3.8) is 0 Å². The van der Waals surface area contributed by atoms with Crippen LogP contribution in [-0.4, -0.2) is 30.8 Å². The van der Waals surface area contributed by atoms with Crippen molar-refractivity contribution < 1.29 is 5.11 Å². The second-order valence-corrected chi connectivity index (χ2v) is 7.03. The van der Waals surface area contributed by atoms with E-state index >= 15 is 0 Å². The van der Waals surface area contributed by atoms with Crippen molar-refractivity contribution in [2.45, 2.75) is 109 Å². The molecule has 3 nitrogen and oxygen atoms in total. The summed E-state index contributed by atoms with van der Waals surface area (Å²) < 4.78 is 0. The molecule has 0 aromatic heterocycles. The predicted octanol–water partition coefficient (Wildman–Crippen LogP) is 4.77. The summed E-state index contributed by atoms with van der Waals surface area (Å²) in [5.41, 5.74) is 5.43. The van der Waals surface area contributed by atoms with E-state index in [2.05, 4.69) is 12.2 Å². The molecule has 0 bridgehead atoms. The summed E-state index contributed by atoms with van der Waals surface area (Å²) in [4.78, 5) is 0. The fraction of sp³-hybridized carbons (Fsp3) is 1.00. The van der Waals surface area contributed by atoms with E-state index in [9.17, 15) is 5.11 Å². The molecule has 0 rings (SSSR count). The highest BCUT2D eigenvalue weighted by atomic mass is 16.3. The number of aliphatic hydroxyl groups excluding tert-OH is 1. The summed E-state index contributed by atoms with van der Waals surface area (Å²) in [6.07, 6.45) is 19.7. The van der Waals surface area contributed by atoms with Gasteiger partial charge in [-0.15, -0.1) is 0 Å². The summed E-state index contributed by atoms with van der Waals surface area (Å²) in [7, 11) is 0. The second-order valence-electron chi connectivity index (χ2n) is 7.03. The molecule has 23 heavy (non-hydrogen) atoms. The average Bonchev–Trinajstić information content (AvgIpc) is 2.56. The van der Waals surface area contributed by atoms with Gasteiger partial charge in [-0.2, -0.15) is 0 Å². The summed E-state index contributed by atoms with van der Waals surface area (Å²) in [6, 6.07) is 0. The van der Waals surface area contributed by atoms with E-state index in [1.165, 1.54) is 77.0 Å². The van der Waals surface area contributed by atoms with Gasteiger partial charge in [0.1, 0.15) is 0 Å². The van der Waals surface area contributed by atoms with Crippen LogP contribution in [-0.2, 0) is 0 Å². The number of aliphatic hydroxyl groups is 1. The van der Waals surface area contributed by atoms with Gasteiger partial charge in [-0.25, -0.2) is 0 Å². The number of nitrogens with two attached hydrogens (primary N) is 1. The molecule has 0 saturated heterocycles. The van der Waals surface area contributed by atoms with Crippen molar-refractivity contribution in [2.75, 3.05) is 19.6 Å². The average molecular weight is 329 g/mol. The van der Waals surface area contributed by atoms with E-state index in [-0.39, 0.29) is 6.10 Å². The lowest BCUT2D eigenvalue weighted by atomic mass is 10.0. The maximum Gasteiger partial charge on any atom is 0.0664 e. The van der Waals surface area contributed by atoms with Gasteiger partial charge in [0, 0.05) is 6.54 Å². The number of nitrogens with one attached hydrogen (secondary N) is 1. The molecule has 0 amide bonds. The molecule has 0 saturated carbocycles. The SMILES string of the molecule is CCCCCCCCCCCCCCCC(O)CNCCCN. The Morgan fingerprint density at radius 3 is 1.70 bits per heavy atom. The zero-order valence-corrected chi connectivity index (χ0v) is 15.8. The minimum atomic E-state index is -0.180. The molecule has 1 atom stereocenters. The summed E-state index contributed by atoms with van der Waals surface area (Å²) in [5, 5.41) is 13.1. The van der Waals surface area contributed by atoms with E-state index in [1.807, 2.05) is 0 Å². The second kappa shape index (κ2) is 19.9. The van der Waals surface area contributed by atoms with Crippen LogP contribution in [0.3, 0.4) is 0 Å². The Bertz CT molecular complexity index is 212. The molecule has 0 aliphatic carbocycles. The van der Waals surface area contributed by atoms with Gasteiger partial charge in [0.2, 0.25) is 0 Å². The molecule has 0 heterocycles. The molecule has 0 spiro atoms. The third-order valence-electron chi connectivity index (χ3n) is 4.58. The molecule has 4 N–H and O–H groups in total. The van der Waals surface area contributed by atoms with Crippen molar-refractivity contribution in [3.8, 4) is 0 Å². The Morgan fingerprint density at radius 1 is 0.739 bits per heavy atom. The highest BCUT2D eigenvalue weighted by Gasteiger charge is 2.02. The Labute approximate surface area is 145 Å². The largest absolute Gasteiger partial charge is 0.392 e. The van der Waals surface area contributed by atoms with Crippen molar-refractivity contribution in [1.82, 2.24) is 5.32 Å². The van der Waals surface area contributed by atoms with Gasteiger partial charge >= 0.3 is 0 Å². The zero-order chi connectivity index (χ0) is 17.0. The topological polar surface area (TPSA) is 58.3 Å². The van der Waals surface area contributed by atoms with Crippen molar-refractivity contribution in [3.05, 3.63) is 0 Å². The first-order chi connectivity index (χ1) is 11.3. The van der Waals surface area contributed by atoms with E-state index in [4.69, 9.17) is 5.73 Å². The third kappa shape index (κ3) is 19.8. The normalized spacial score (nSPS) is 12.7. The molecular formula is C20H44N2O. The fourth-order valence-electron chi connectivity index (χ4n) is 3.00. The number of hydrogen-bond donors (Lipinski definition) is 3. The molecule has 3 heteroatoms. The van der Waals surface area contributed by atoms with Crippen molar-refractivity contribution >= 4 is 0 Å². The van der Waals surface area contributed by atoms with Crippen molar-refractivity contribution in [1.29, 1.82) is 0 Å². The van der Waals surface area contributed by atoms with E-state index < -0.39 is 0 Å². The van der Waals surface area contributed by atoms with Gasteiger partial charge < -0.3 is 16.2 Å². The highest BCUT2D eigenvalue weighted by Crippen LogP contribution is 2.13. The zero-order valence-electron chi connectivity index (χ0n) is 15.8. The molecule has 0 aliphatic rings. The molecule has 1 unspecified atom stereocenters. The molecule has 140 valence electrons. The predicted molar refractivity (Wildman–Crippen MR) is 103 cm³/mol. The van der Waals surface area contributed by atoms with E-state index in [1.54, 1.807) is 0 Å². The third-order valence-corrected chi connectivity index (χ3v) is 4.58. The number of hydrogen-bond acceptors (Lipinski definition) is 3. The lowest BCUT2D eigenvalue weighted by Crippen LogP contribution is -2.28. The fourth-order valence-corrected chi connectivity index (χ4v) is 3.00. The first-order valence-electron chi connectivity index (χ1n) is 10.4. The van der Waals surface area contributed by atoms with E-state index in [0.717, 1.165) is 38.9 Å². The summed E-state index contributed by atoms with van der Waals surface area (Å²) >= 11 is 0. The lowest BCUT2D eigenvalue weighted by molar-refractivity contribution is 0.158. The van der Waals surface area contributed by atoms with Crippen LogP contribution in [0, 0.1) is 0 Å². The van der Waals surface area contributed by atoms with Gasteiger partial charge in [-0.3, -0.25) is 0 Å². The molecular weight excluding hydrogens is 284 g/mol. The first-order valence-corrected chi connectivity index (χ1v) is 10.4. The summed E-state index contributed by atoms with van der Waals surface area (Å²) in [5.74, 6) is 0. The van der Waals surface area contributed by atoms with Crippen LogP contribution >= 0.6 is 0 Å². The Hall–Kier alpha value is -0.120. The summed E-state index contributed by atoms with van der Waals surface area (Å²) in [6.45, 7) is 4.65. The Morgan fingerprint density at radius 2 is 1.22 bits per heavy atom. The van der Waals surface area contributed by atoms with Crippen LogP contribution in [0.25, 0.3) is 0 Å². The Balaban J connectivity index is 3.07. The van der Waals surface area contributed by atoms with Gasteiger partial charge in [-0.05, 0) is 25.9 Å². The van der Waals surface area contributed by atoms with Gasteiger partial charge in [0.15, 0.2) is 0 Å².